The molecule has 0 spiro atoms. The predicted molar refractivity (Wildman–Crippen MR) is 111 cm³/mol. The van der Waals surface area contributed by atoms with E-state index in [-0.39, 0.29) is 10.9 Å². The number of hydrogen-bond acceptors (Lipinski definition) is 5. The SMILES string of the molecule is Cc1oc(-c2ccn[nH]2)cc1S(=O)(=O)N1CCCC1c1ccc(CN(C)C)cc1. The first-order valence-corrected chi connectivity index (χ1v) is 11.2. The van der Waals surface area contributed by atoms with Crippen molar-refractivity contribution in [1.82, 2.24) is 19.4 Å². The van der Waals surface area contributed by atoms with Gasteiger partial charge in [0.2, 0.25) is 10.0 Å². The fourth-order valence-corrected chi connectivity index (χ4v) is 5.79. The molecule has 1 N–H and O–H groups in total. The van der Waals surface area contributed by atoms with Crippen LogP contribution < -0.4 is 0 Å². The number of aryl methyl sites for hydroxylation is 1. The van der Waals surface area contributed by atoms with Crippen molar-refractivity contribution in [2.24, 2.45) is 0 Å². The average molecular weight is 415 g/mol. The maximum absolute atomic E-state index is 13.5. The first kappa shape index (κ1) is 19.9. The molecule has 7 nitrogen and oxygen atoms in total. The van der Waals surface area contributed by atoms with Crippen LogP contribution in [0.15, 0.2) is 51.9 Å². The first-order chi connectivity index (χ1) is 13.9. The van der Waals surface area contributed by atoms with Gasteiger partial charge in [0.25, 0.3) is 0 Å². The molecule has 2 aromatic heterocycles. The molecule has 1 saturated heterocycles. The molecule has 0 bridgehead atoms. The lowest BCUT2D eigenvalue weighted by atomic mass is 10.0. The molecule has 1 aliphatic heterocycles. The van der Waals surface area contributed by atoms with Crippen molar-refractivity contribution >= 4 is 10.0 Å². The molecule has 0 amide bonds. The summed E-state index contributed by atoms with van der Waals surface area (Å²) >= 11 is 0. The first-order valence-electron chi connectivity index (χ1n) is 9.72. The van der Waals surface area contributed by atoms with Gasteiger partial charge in [-0.25, -0.2) is 8.42 Å². The molecule has 1 fully saturated rings. The van der Waals surface area contributed by atoms with E-state index >= 15 is 0 Å². The molecular weight excluding hydrogens is 388 g/mol. The number of aromatic nitrogens is 2. The van der Waals surface area contributed by atoms with Crippen LogP contribution in [0.2, 0.25) is 0 Å². The summed E-state index contributed by atoms with van der Waals surface area (Å²) in [6, 6.07) is 11.5. The highest BCUT2D eigenvalue weighted by Crippen LogP contribution is 2.38. The normalized spacial score (nSPS) is 18.0. The minimum atomic E-state index is -3.67. The van der Waals surface area contributed by atoms with Gasteiger partial charge in [-0.05, 0) is 51.1 Å². The van der Waals surface area contributed by atoms with Crippen molar-refractivity contribution in [3.63, 3.8) is 0 Å². The Morgan fingerprint density at radius 3 is 2.66 bits per heavy atom. The van der Waals surface area contributed by atoms with Crippen LogP contribution >= 0.6 is 0 Å². The van der Waals surface area contributed by atoms with Crippen molar-refractivity contribution in [3.05, 3.63) is 59.5 Å². The lowest BCUT2D eigenvalue weighted by Crippen LogP contribution is -2.30. The van der Waals surface area contributed by atoms with Crippen LogP contribution in [-0.4, -0.2) is 48.5 Å². The molecule has 0 radical (unpaired) electrons. The Bertz CT molecular complexity index is 1070. The van der Waals surface area contributed by atoms with E-state index in [1.807, 2.05) is 14.1 Å². The summed E-state index contributed by atoms with van der Waals surface area (Å²) in [6.45, 7) is 3.06. The lowest BCUT2D eigenvalue weighted by Gasteiger charge is -2.24. The number of nitrogens with one attached hydrogen (secondary N) is 1. The molecule has 29 heavy (non-hydrogen) atoms. The van der Waals surface area contributed by atoms with Gasteiger partial charge in [0.1, 0.15) is 16.3 Å². The minimum absolute atomic E-state index is 0.154. The summed E-state index contributed by atoms with van der Waals surface area (Å²) in [5.41, 5.74) is 2.90. The zero-order valence-corrected chi connectivity index (χ0v) is 17.7. The minimum Gasteiger partial charge on any atom is -0.458 e. The zero-order valence-electron chi connectivity index (χ0n) is 16.9. The number of aromatic amines is 1. The van der Waals surface area contributed by atoms with Gasteiger partial charge in [-0.3, -0.25) is 5.10 Å². The Labute approximate surface area is 171 Å². The van der Waals surface area contributed by atoms with Crippen molar-refractivity contribution < 1.29 is 12.8 Å². The van der Waals surface area contributed by atoms with Gasteiger partial charge < -0.3 is 9.32 Å². The maximum Gasteiger partial charge on any atom is 0.247 e. The van der Waals surface area contributed by atoms with E-state index in [1.165, 1.54) is 5.56 Å². The third-order valence-corrected chi connectivity index (χ3v) is 7.31. The molecular formula is C21H26N4O3S. The molecule has 3 aromatic rings. The van der Waals surface area contributed by atoms with Crippen molar-refractivity contribution in [2.45, 2.75) is 37.2 Å². The number of nitrogens with zero attached hydrogens (tertiary/aromatic N) is 3. The standard InChI is InChI=1S/C21H26N4O3S/c1-15-21(13-20(28-15)18-10-11-22-23-18)29(26,27)25-12-4-5-19(25)17-8-6-16(7-9-17)14-24(2)3/h6-11,13,19H,4-5,12,14H2,1-3H3,(H,22,23). The summed E-state index contributed by atoms with van der Waals surface area (Å²) in [7, 11) is 0.394. The van der Waals surface area contributed by atoms with E-state index in [0.29, 0.717) is 23.8 Å². The quantitative estimate of drug-likeness (QED) is 0.667. The van der Waals surface area contributed by atoms with E-state index in [4.69, 9.17) is 4.42 Å². The molecule has 4 rings (SSSR count). The highest BCUT2D eigenvalue weighted by atomic mass is 32.2. The molecule has 1 atom stereocenters. The van der Waals surface area contributed by atoms with Gasteiger partial charge in [-0.15, -0.1) is 0 Å². The number of hydrogen-bond donors (Lipinski definition) is 1. The number of benzene rings is 1. The van der Waals surface area contributed by atoms with Gasteiger partial charge in [-0.1, -0.05) is 24.3 Å². The van der Waals surface area contributed by atoms with Crippen LogP contribution in [0.3, 0.4) is 0 Å². The van der Waals surface area contributed by atoms with E-state index in [1.54, 1.807) is 29.6 Å². The van der Waals surface area contributed by atoms with Crippen LogP contribution in [0.25, 0.3) is 11.5 Å². The van der Waals surface area contributed by atoms with Gasteiger partial charge in [0.15, 0.2) is 5.76 Å². The van der Waals surface area contributed by atoms with Gasteiger partial charge in [0, 0.05) is 25.4 Å². The van der Waals surface area contributed by atoms with E-state index in [2.05, 4.69) is 39.4 Å². The topological polar surface area (TPSA) is 82.4 Å². The Morgan fingerprint density at radius 2 is 2.00 bits per heavy atom. The molecule has 1 unspecified atom stereocenters. The number of furan rings is 1. The summed E-state index contributed by atoms with van der Waals surface area (Å²) < 4.78 is 34.3. The number of H-pyrrole nitrogens is 1. The van der Waals surface area contributed by atoms with Gasteiger partial charge in [0.05, 0.1) is 6.04 Å². The zero-order chi connectivity index (χ0) is 20.6. The van der Waals surface area contributed by atoms with E-state index in [9.17, 15) is 8.42 Å². The predicted octanol–water partition coefficient (Wildman–Crippen LogP) is 3.57. The van der Waals surface area contributed by atoms with Crippen LogP contribution in [0.5, 0.6) is 0 Å². The van der Waals surface area contributed by atoms with E-state index in [0.717, 1.165) is 24.9 Å². The molecule has 0 saturated carbocycles. The molecule has 8 heteroatoms. The monoisotopic (exact) mass is 414 g/mol. The van der Waals surface area contributed by atoms with Crippen LogP contribution in [0.1, 0.15) is 35.8 Å². The van der Waals surface area contributed by atoms with Crippen LogP contribution in [0.4, 0.5) is 0 Å². The van der Waals surface area contributed by atoms with Gasteiger partial charge >= 0.3 is 0 Å². The van der Waals surface area contributed by atoms with Crippen molar-refractivity contribution in [1.29, 1.82) is 0 Å². The summed E-state index contributed by atoms with van der Waals surface area (Å²) in [4.78, 5) is 2.33. The molecule has 1 aromatic carbocycles. The van der Waals surface area contributed by atoms with Crippen molar-refractivity contribution in [2.75, 3.05) is 20.6 Å². The molecule has 1 aliphatic rings. The molecule has 154 valence electrons. The third-order valence-electron chi connectivity index (χ3n) is 5.29. The van der Waals surface area contributed by atoms with Gasteiger partial charge in [-0.2, -0.15) is 9.40 Å². The molecule has 0 aliphatic carbocycles. The largest absolute Gasteiger partial charge is 0.458 e. The summed E-state index contributed by atoms with van der Waals surface area (Å²) in [6.07, 6.45) is 3.27. The second-order valence-corrected chi connectivity index (χ2v) is 9.61. The fraction of sp³-hybridized carbons (Fsp3) is 0.381. The maximum atomic E-state index is 13.5. The van der Waals surface area contributed by atoms with Crippen molar-refractivity contribution in [3.8, 4) is 11.5 Å². The average Bonchev–Trinajstić information content (AvgIpc) is 3.42. The highest BCUT2D eigenvalue weighted by Gasteiger charge is 2.38. The highest BCUT2D eigenvalue weighted by molar-refractivity contribution is 7.89. The lowest BCUT2D eigenvalue weighted by molar-refractivity contribution is 0.393. The second kappa shape index (κ2) is 7.78. The molecule has 3 heterocycles. The third kappa shape index (κ3) is 3.88. The van der Waals surface area contributed by atoms with Crippen LogP contribution in [-0.2, 0) is 16.6 Å². The second-order valence-electron chi connectivity index (χ2n) is 7.75. The Hall–Kier alpha value is -2.42. The smallest absolute Gasteiger partial charge is 0.247 e. The summed E-state index contributed by atoms with van der Waals surface area (Å²) in [5, 5.41) is 6.72. The van der Waals surface area contributed by atoms with Crippen LogP contribution in [0, 0.1) is 6.92 Å². The number of sulfonamides is 1. The Kier molecular flexibility index (Phi) is 5.33. The Balaban J connectivity index is 1.63. The summed E-state index contributed by atoms with van der Waals surface area (Å²) in [5.74, 6) is 0.865. The fourth-order valence-electron chi connectivity index (χ4n) is 3.94. The van der Waals surface area contributed by atoms with E-state index < -0.39 is 10.0 Å². The Morgan fingerprint density at radius 1 is 1.24 bits per heavy atom. The number of rotatable bonds is 6.